The van der Waals surface area contributed by atoms with Crippen molar-refractivity contribution in [2.45, 2.75) is 6.04 Å². The highest BCUT2D eigenvalue weighted by atomic mass is 16.1. The molecule has 2 rings (SSSR count). The highest BCUT2D eigenvalue weighted by Gasteiger charge is 2.20. The Morgan fingerprint density at radius 2 is 2.27 bits per heavy atom. The fourth-order valence-electron chi connectivity index (χ4n) is 1.90. The van der Waals surface area contributed by atoms with Gasteiger partial charge in [-0.3, -0.25) is 4.79 Å². The van der Waals surface area contributed by atoms with Gasteiger partial charge in [0.05, 0.1) is 6.04 Å². The third-order valence-electron chi connectivity index (χ3n) is 2.68. The third-order valence-corrected chi connectivity index (χ3v) is 2.68. The van der Waals surface area contributed by atoms with Gasteiger partial charge in [0.15, 0.2) is 6.29 Å². The Kier molecular flexibility index (Phi) is 2.83. The summed E-state index contributed by atoms with van der Waals surface area (Å²) < 4.78 is 0. The van der Waals surface area contributed by atoms with Crippen molar-refractivity contribution in [1.82, 2.24) is 0 Å². The summed E-state index contributed by atoms with van der Waals surface area (Å²) >= 11 is 0. The van der Waals surface area contributed by atoms with E-state index in [0.29, 0.717) is 6.54 Å². The molecule has 1 aromatic carbocycles. The summed E-state index contributed by atoms with van der Waals surface area (Å²) in [7, 11) is 0. The fraction of sp³-hybridized carbons (Fsp3) is 0.250. The van der Waals surface area contributed by atoms with Crippen molar-refractivity contribution in [1.29, 1.82) is 0 Å². The SMILES string of the molecule is NCC1C=CCN1c1ccccc1C=O. The minimum Gasteiger partial charge on any atom is -0.360 e. The number of para-hydroxylation sites is 1. The summed E-state index contributed by atoms with van der Waals surface area (Å²) in [6, 6.07) is 7.81. The molecular formula is C12H14N2O. The van der Waals surface area contributed by atoms with Crippen LogP contribution in [0.5, 0.6) is 0 Å². The van der Waals surface area contributed by atoms with E-state index in [4.69, 9.17) is 5.73 Å². The normalized spacial score (nSPS) is 19.5. The molecule has 1 atom stereocenters. The van der Waals surface area contributed by atoms with Crippen LogP contribution in [-0.4, -0.2) is 25.4 Å². The van der Waals surface area contributed by atoms with E-state index < -0.39 is 0 Å². The monoisotopic (exact) mass is 202 g/mol. The predicted molar refractivity (Wildman–Crippen MR) is 61.2 cm³/mol. The lowest BCUT2D eigenvalue weighted by Gasteiger charge is -2.26. The van der Waals surface area contributed by atoms with Gasteiger partial charge in [-0.25, -0.2) is 0 Å². The van der Waals surface area contributed by atoms with Crippen LogP contribution >= 0.6 is 0 Å². The van der Waals surface area contributed by atoms with Gasteiger partial charge in [-0.05, 0) is 12.1 Å². The van der Waals surface area contributed by atoms with Gasteiger partial charge in [0.1, 0.15) is 0 Å². The largest absolute Gasteiger partial charge is 0.360 e. The molecule has 0 fully saturated rings. The van der Waals surface area contributed by atoms with Crippen LogP contribution in [0.15, 0.2) is 36.4 Å². The van der Waals surface area contributed by atoms with Crippen molar-refractivity contribution in [3.63, 3.8) is 0 Å². The van der Waals surface area contributed by atoms with E-state index in [9.17, 15) is 4.79 Å². The molecule has 1 aromatic rings. The van der Waals surface area contributed by atoms with Crippen LogP contribution in [0.2, 0.25) is 0 Å². The van der Waals surface area contributed by atoms with Gasteiger partial charge < -0.3 is 10.6 Å². The number of carbonyl (C=O) groups excluding carboxylic acids is 1. The van der Waals surface area contributed by atoms with Gasteiger partial charge in [-0.15, -0.1) is 0 Å². The van der Waals surface area contributed by atoms with Crippen molar-refractivity contribution in [2.75, 3.05) is 18.0 Å². The van der Waals surface area contributed by atoms with Gasteiger partial charge in [-0.2, -0.15) is 0 Å². The minimum absolute atomic E-state index is 0.214. The predicted octanol–water partition coefficient (Wildman–Crippen LogP) is 1.20. The van der Waals surface area contributed by atoms with E-state index in [-0.39, 0.29) is 6.04 Å². The second-order valence-corrected chi connectivity index (χ2v) is 3.56. The maximum atomic E-state index is 10.9. The molecule has 0 spiro atoms. The average molecular weight is 202 g/mol. The number of carbonyl (C=O) groups is 1. The van der Waals surface area contributed by atoms with Gasteiger partial charge >= 0.3 is 0 Å². The first-order valence-corrected chi connectivity index (χ1v) is 5.04. The van der Waals surface area contributed by atoms with Crippen LogP contribution in [-0.2, 0) is 0 Å². The fourth-order valence-corrected chi connectivity index (χ4v) is 1.90. The second kappa shape index (κ2) is 4.28. The lowest BCUT2D eigenvalue weighted by atomic mass is 10.1. The van der Waals surface area contributed by atoms with E-state index in [1.807, 2.05) is 24.3 Å². The first-order valence-electron chi connectivity index (χ1n) is 5.04. The molecular weight excluding hydrogens is 188 g/mol. The van der Waals surface area contributed by atoms with Crippen molar-refractivity contribution < 1.29 is 4.79 Å². The quantitative estimate of drug-likeness (QED) is 0.592. The zero-order valence-electron chi connectivity index (χ0n) is 8.47. The zero-order valence-corrected chi connectivity index (χ0v) is 8.47. The highest BCUT2D eigenvalue weighted by molar-refractivity contribution is 5.85. The van der Waals surface area contributed by atoms with Gasteiger partial charge in [0.2, 0.25) is 0 Å². The summed E-state index contributed by atoms with van der Waals surface area (Å²) in [4.78, 5) is 13.0. The van der Waals surface area contributed by atoms with Crippen LogP contribution in [0.25, 0.3) is 0 Å². The molecule has 0 amide bonds. The Hall–Kier alpha value is -1.61. The van der Waals surface area contributed by atoms with Crippen molar-refractivity contribution in [3.05, 3.63) is 42.0 Å². The maximum absolute atomic E-state index is 10.9. The lowest BCUT2D eigenvalue weighted by Crippen LogP contribution is -2.36. The number of anilines is 1. The molecule has 0 saturated carbocycles. The van der Waals surface area contributed by atoms with Crippen LogP contribution < -0.4 is 10.6 Å². The topological polar surface area (TPSA) is 46.3 Å². The standard InChI is InChI=1S/C12H14N2O/c13-8-11-5-3-7-14(11)12-6-2-1-4-10(12)9-15/h1-6,9,11H,7-8,13H2. The summed E-state index contributed by atoms with van der Waals surface area (Å²) in [5.74, 6) is 0. The number of hydrogen-bond acceptors (Lipinski definition) is 3. The molecule has 1 aliphatic rings. The van der Waals surface area contributed by atoms with Gasteiger partial charge in [0, 0.05) is 24.3 Å². The molecule has 15 heavy (non-hydrogen) atoms. The third kappa shape index (κ3) is 1.78. The molecule has 1 aliphatic heterocycles. The van der Waals surface area contributed by atoms with Crippen molar-refractivity contribution in [2.24, 2.45) is 5.73 Å². The molecule has 2 N–H and O–H groups in total. The Balaban J connectivity index is 2.33. The Morgan fingerprint density at radius 1 is 1.47 bits per heavy atom. The number of aldehydes is 1. The summed E-state index contributed by atoms with van der Waals surface area (Å²) in [5, 5.41) is 0. The molecule has 1 unspecified atom stereocenters. The lowest BCUT2D eigenvalue weighted by molar-refractivity contribution is 0.112. The van der Waals surface area contributed by atoms with E-state index in [0.717, 1.165) is 24.1 Å². The molecule has 1 heterocycles. The number of nitrogens with two attached hydrogens (primary N) is 1. The second-order valence-electron chi connectivity index (χ2n) is 3.56. The molecule has 0 aromatic heterocycles. The van der Waals surface area contributed by atoms with Crippen molar-refractivity contribution in [3.8, 4) is 0 Å². The number of hydrogen-bond donors (Lipinski definition) is 1. The molecule has 0 radical (unpaired) electrons. The number of rotatable bonds is 3. The van der Waals surface area contributed by atoms with Crippen LogP contribution in [0.1, 0.15) is 10.4 Å². The van der Waals surface area contributed by atoms with Gasteiger partial charge in [-0.1, -0.05) is 24.3 Å². The summed E-state index contributed by atoms with van der Waals surface area (Å²) in [6.07, 6.45) is 5.06. The Bertz CT molecular complexity index is 387. The van der Waals surface area contributed by atoms with Crippen LogP contribution in [0, 0.1) is 0 Å². The molecule has 0 saturated heterocycles. The highest BCUT2D eigenvalue weighted by Crippen LogP contribution is 2.23. The summed E-state index contributed by atoms with van der Waals surface area (Å²) in [5.41, 5.74) is 7.36. The Labute approximate surface area is 89.2 Å². The molecule has 3 nitrogen and oxygen atoms in total. The first-order chi connectivity index (χ1) is 7.36. The van der Waals surface area contributed by atoms with Gasteiger partial charge in [0.25, 0.3) is 0 Å². The van der Waals surface area contributed by atoms with Crippen LogP contribution in [0.3, 0.4) is 0 Å². The van der Waals surface area contributed by atoms with Crippen molar-refractivity contribution >= 4 is 12.0 Å². The smallest absolute Gasteiger partial charge is 0.152 e. The zero-order chi connectivity index (χ0) is 10.7. The molecule has 0 bridgehead atoms. The average Bonchev–Trinajstić information content (AvgIpc) is 2.76. The Morgan fingerprint density at radius 3 is 3.00 bits per heavy atom. The molecule has 0 aliphatic carbocycles. The van der Waals surface area contributed by atoms with E-state index in [1.165, 1.54) is 0 Å². The molecule has 3 heteroatoms. The first kappa shape index (κ1) is 9.93. The number of nitrogens with zero attached hydrogens (tertiary/aromatic N) is 1. The summed E-state index contributed by atoms with van der Waals surface area (Å²) in [6.45, 7) is 1.40. The van der Waals surface area contributed by atoms with E-state index >= 15 is 0 Å². The minimum atomic E-state index is 0.214. The van der Waals surface area contributed by atoms with E-state index in [1.54, 1.807) is 0 Å². The maximum Gasteiger partial charge on any atom is 0.152 e. The van der Waals surface area contributed by atoms with Crippen LogP contribution in [0.4, 0.5) is 5.69 Å². The molecule has 78 valence electrons. The van der Waals surface area contributed by atoms with E-state index in [2.05, 4.69) is 17.1 Å². The number of benzene rings is 1.